The largest absolute Gasteiger partial charge is 0.464 e. The van der Waals surface area contributed by atoms with E-state index >= 15 is 0 Å². The average molecular weight is 413 g/mol. The molecule has 4 rings (SSSR count). The van der Waals surface area contributed by atoms with E-state index in [-0.39, 0.29) is 29.0 Å². The number of likely N-dealkylation sites (tertiary alicyclic amines) is 1. The quantitative estimate of drug-likeness (QED) is 0.815. The first kappa shape index (κ1) is 21.1. The van der Waals surface area contributed by atoms with Crippen LogP contribution in [-0.4, -0.2) is 42.1 Å². The summed E-state index contributed by atoms with van der Waals surface area (Å²) in [6, 6.07) is 5.72. The Morgan fingerprint density at radius 1 is 1.27 bits per heavy atom. The van der Waals surface area contributed by atoms with Crippen LogP contribution in [0.3, 0.4) is 0 Å². The molecule has 2 saturated heterocycles. The smallest absolute Gasteiger partial charge is 0.222 e. The molecule has 3 heterocycles. The molecule has 0 radical (unpaired) electrons. The van der Waals surface area contributed by atoms with Crippen molar-refractivity contribution in [1.29, 1.82) is 0 Å². The van der Waals surface area contributed by atoms with Crippen LogP contribution >= 0.6 is 0 Å². The summed E-state index contributed by atoms with van der Waals surface area (Å²) in [4.78, 5) is 27.0. The lowest BCUT2D eigenvalue weighted by atomic mass is 9.88. The molecule has 1 aromatic carbocycles. The number of piperidine rings is 1. The van der Waals surface area contributed by atoms with Crippen LogP contribution in [0.15, 0.2) is 33.7 Å². The van der Waals surface area contributed by atoms with Gasteiger partial charge in [-0.25, -0.2) is 0 Å². The average Bonchev–Trinajstić information content (AvgIpc) is 3.13. The molecule has 2 aliphatic heterocycles. The molecule has 0 saturated carbocycles. The van der Waals surface area contributed by atoms with Crippen LogP contribution in [0, 0.1) is 12.8 Å². The molecule has 1 N–H and O–H groups in total. The maximum Gasteiger partial charge on any atom is 0.222 e. The molecule has 6 heteroatoms. The number of hydrogen-bond donors (Lipinski definition) is 1. The van der Waals surface area contributed by atoms with Gasteiger partial charge in [-0.15, -0.1) is 0 Å². The number of rotatable bonds is 5. The van der Waals surface area contributed by atoms with E-state index in [2.05, 4.69) is 10.2 Å². The monoisotopic (exact) mass is 412 g/mol. The second-order valence-corrected chi connectivity index (χ2v) is 9.23. The highest BCUT2D eigenvalue weighted by Gasteiger charge is 2.42. The van der Waals surface area contributed by atoms with Crippen LogP contribution < -0.4 is 10.7 Å². The number of fused-ring (bicyclic) bond motifs is 1. The zero-order valence-corrected chi connectivity index (χ0v) is 18.2. The Bertz CT molecular complexity index is 973. The fourth-order valence-corrected chi connectivity index (χ4v) is 4.58. The van der Waals surface area contributed by atoms with Crippen LogP contribution in [0.2, 0.25) is 0 Å². The summed E-state index contributed by atoms with van der Waals surface area (Å²) in [6.45, 7) is 8.79. The lowest BCUT2D eigenvalue weighted by Crippen LogP contribution is -2.45. The number of carbonyl (C=O) groups excluding carboxylic acids is 1. The van der Waals surface area contributed by atoms with E-state index in [0.717, 1.165) is 44.3 Å². The number of amides is 1. The van der Waals surface area contributed by atoms with Gasteiger partial charge < -0.3 is 14.5 Å². The maximum absolute atomic E-state index is 12.9. The highest BCUT2D eigenvalue weighted by atomic mass is 16.5. The molecule has 2 fully saturated rings. The second kappa shape index (κ2) is 8.52. The Balaban J connectivity index is 1.33. The fraction of sp³-hybridized carbons (Fsp3) is 0.583. The van der Waals surface area contributed by atoms with E-state index in [9.17, 15) is 9.59 Å². The van der Waals surface area contributed by atoms with Crippen molar-refractivity contribution in [1.82, 2.24) is 10.2 Å². The van der Waals surface area contributed by atoms with Gasteiger partial charge in [0.1, 0.15) is 5.58 Å². The number of ether oxygens (including phenoxy) is 1. The predicted molar refractivity (Wildman–Crippen MR) is 116 cm³/mol. The summed E-state index contributed by atoms with van der Waals surface area (Å²) in [6.07, 6.45) is 5.67. The third-order valence-corrected chi connectivity index (χ3v) is 6.53. The third-order valence-electron chi connectivity index (χ3n) is 6.53. The van der Waals surface area contributed by atoms with E-state index in [1.807, 2.05) is 39.0 Å². The lowest BCUT2D eigenvalue weighted by molar-refractivity contribution is -0.125. The second-order valence-electron chi connectivity index (χ2n) is 9.23. The zero-order chi connectivity index (χ0) is 21.3. The van der Waals surface area contributed by atoms with Crippen molar-refractivity contribution in [3.05, 3.63) is 45.8 Å². The number of hydrogen-bond acceptors (Lipinski definition) is 5. The molecule has 30 heavy (non-hydrogen) atoms. The standard InChI is InChI=1S/C24H32N2O4/c1-16(2)23(28)25-13-19-6-7-24(30-19)8-10-26(11-9-24)14-18-15-29-21-5-4-17(3)12-20(21)22(18)27/h4-5,12,15-16,19H,6-11,13-14H2,1-3H3,(H,25,28). The molecule has 1 amide bonds. The molecule has 2 aromatic rings. The van der Waals surface area contributed by atoms with Crippen molar-refractivity contribution in [3.63, 3.8) is 0 Å². The van der Waals surface area contributed by atoms with E-state index in [0.29, 0.717) is 29.6 Å². The summed E-state index contributed by atoms with van der Waals surface area (Å²) in [7, 11) is 0. The van der Waals surface area contributed by atoms with E-state index in [1.165, 1.54) is 0 Å². The summed E-state index contributed by atoms with van der Waals surface area (Å²) < 4.78 is 12.1. The summed E-state index contributed by atoms with van der Waals surface area (Å²) in [5, 5.41) is 3.65. The van der Waals surface area contributed by atoms with Gasteiger partial charge in [-0.1, -0.05) is 25.5 Å². The summed E-state index contributed by atoms with van der Waals surface area (Å²) in [5.74, 6) is 0.0824. The van der Waals surface area contributed by atoms with Gasteiger partial charge in [-0.05, 0) is 44.7 Å². The molecule has 0 aliphatic carbocycles. The molecular weight excluding hydrogens is 380 g/mol. The SMILES string of the molecule is Cc1ccc2occ(CN3CCC4(CCC(CNC(=O)C(C)C)O4)CC3)c(=O)c2c1. The minimum absolute atomic E-state index is 0.000245. The van der Waals surface area contributed by atoms with Crippen LogP contribution in [0.25, 0.3) is 11.0 Å². The Hall–Kier alpha value is -2.18. The molecule has 1 atom stereocenters. The molecule has 2 aliphatic rings. The van der Waals surface area contributed by atoms with Crippen LogP contribution in [0.5, 0.6) is 0 Å². The number of nitrogens with one attached hydrogen (secondary N) is 1. The van der Waals surface area contributed by atoms with Gasteiger partial charge in [0.15, 0.2) is 5.43 Å². The fourth-order valence-electron chi connectivity index (χ4n) is 4.58. The topological polar surface area (TPSA) is 71.8 Å². The number of aryl methyl sites for hydroxylation is 1. The normalized spacial score (nSPS) is 21.5. The van der Waals surface area contributed by atoms with Crippen LogP contribution in [0.1, 0.15) is 50.7 Å². The third kappa shape index (κ3) is 4.44. The van der Waals surface area contributed by atoms with E-state index in [1.54, 1.807) is 6.26 Å². The van der Waals surface area contributed by atoms with Gasteiger partial charge in [0.25, 0.3) is 0 Å². The molecular formula is C24H32N2O4. The van der Waals surface area contributed by atoms with Crippen LogP contribution in [-0.2, 0) is 16.1 Å². The molecule has 1 aromatic heterocycles. The Kier molecular flexibility index (Phi) is 5.98. The van der Waals surface area contributed by atoms with Crippen molar-refractivity contribution >= 4 is 16.9 Å². The van der Waals surface area contributed by atoms with Gasteiger partial charge in [0, 0.05) is 37.7 Å². The summed E-state index contributed by atoms with van der Waals surface area (Å²) >= 11 is 0. The number of nitrogens with zero attached hydrogens (tertiary/aromatic N) is 1. The van der Waals surface area contributed by atoms with Crippen LogP contribution in [0.4, 0.5) is 0 Å². The highest BCUT2D eigenvalue weighted by molar-refractivity contribution is 5.78. The first-order chi connectivity index (χ1) is 14.3. The maximum atomic E-state index is 12.9. The number of carbonyl (C=O) groups is 1. The molecule has 1 unspecified atom stereocenters. The van der Waals surface area contributed by atoms with Gasteiger partial charge in [-0.2, -0.15) is 0 Å². The Labute approximate surface area is 177 Å². The van der Waals surface area contributed by atoms with Crippen molar-refractivity contribution < 1.29 is 13.9 Å². The van der Waals surface area contributed by atoms with E-state index in [4.69, 9.17) is 9.15 Å². The summed E-state index contributed by atoms with van der Waals surface area (Å²) in [5.41, 5.74) is 2.41. The Morgan fingerprint density at radius 3 is 2.77 bits per heavy atom. The predicted octanol–water partition coefficient (Wildman–Crippen LogP) is 3.39. The van der Waals surface area contributed by atoms with Gasteiger partial charge in [-0.3, -0.25) is 14.5 Å². The van der Waals surface area contributed by atoms with E-state index < -0.39 is 0 Å². The Morgan fingerprint density at radius 2 is 2.03 bits per heavy atom. The highest BCUT2D eigenvalue weighted by Crippen LogP contribution is 2.39. The van der Waals surface area contributed by atoms with Crippen molar-refractivity contribution in [2.75, 3.05) is 19.6 Å². The van der Waals surface area contributed by atoms with Gasteiger partial charge >= 0.3 is 0 Å². The van der Waals surface area contributed by atoms with Gasteiger partial charge in [0.2, 0.25) is 5.91 Å². The molecule has 0 bridgehead atoms. The lowest BCUT2D eigenvalue weighted by Gasteiger charge is -2.39. The first-order valence-corrected chi connectivity index (χ1v) is 11.0. The first-order valence-electron chi connectivity index (χ1n) is 11.0. The molecule has 6 nitrogen and oxygen atoms in total. The minimum atomic E-state index is -0.0745. The van der Waals surface area contributed by atoms with Crippen molar-refractivity contribution in [2.24, 2.45) is 5.92 Å². The minimum Gasteiger partial charge on any atom is -0.464 e. The van der Waals surface area contributed by atoms with Crippen molar-refractivity contribution in [2.45, 2.75) is 64.7 Å². The van der Waals surface area contributed by atoms with Gasteiger partial charge in [0.05, 0.1) is 23.4 Å². The van der Waals surface area contributed by atoms with Crippen molar-refractivity contribution in [3.8, 4) is 0 Å². The molecule has 162 valence electrons. The zero-order valence-electron chi connectivity index (χ0n) is 18.2. The number of benzene rings is 1. The molecule has 1 spiro atoms.